The third-order valence-electron chi connectivity index (χ3n) is 4.55. The lowest BCUT2D eigenvalue weighted by atomic mass is 9.71. The zero-order chi connectivity index (χ0) is 14.0. The second-order valence-corrected chi connectivity index (χ2v) is 6.01. The van der Waals surface area contributed by atoms with Gasteiger partial charge in [-0.2, -0.15) is 5.10 Å². The zero-order valence-corrected chi connectivity index (χ0v) is 12.5. The molecule has 1 N–H and O–H groups in total. The summed E-state index contributed by atoms with van der Waals surface area (Å²) in [5.74, 6) is 1.92. The Labute approximate surface area is 115 Å². The van der Waals surface area contributed by atoms with E-state index in [0.29, 0.717) is 11.8 Å². The van der Waals surface area contributed by atoms with E-state index in [1.54, 1.807) is 13.3 Å². The molecule has 1 aliphatic rings. The van der Waals surface area contributed by atoms with Crippen molar-refractivity contribution in [2.75, 3.05) is 7.11 Å². The van der Waals surface area contributed by atoms with E-state index < -0.39 is 5.60 Å². The van der Waals surface area contributed by atoms with E-state index in [2.05, 4.69) is 25.9 Å². The summed E-state index contributed by atoms with van der Waals surface area (Å²) in [6.07, 6.45) is 5.37. The molecule has 4 nitrogen and oxygen atoms in total. The topological polar surface area (TPSA) is 47.3 Å². The van der Waals surface area contributed by atoms with Crippen molar-refractivity contribution in [2.45, 2.75) is 58.6 Å². The summed E-state index contributed by atoms with van der Waals surface area (Å²) in [6.45, 7) is 7.44. The van der Waals surface area contributed by atoms with Gasteiger partial charge in [0.05, 0.1) is 13.3 Å². The monoisotopic (exact) mass is 266 g/mol. The number of hydrogen-bond acceptors (Lipinski definition) is 3. The molecule has 1 aliphatic carbocycles. The molecule has 0 amide bonds. The van der Waals surface area contributed by atoms with Gasteiger partial charge in [-0.3, -0.25) is 4.68 Å². The van der Waals surface area contributed by atoms with Crippen molar-refractivity contribution in [2.24, 2.45) is 11.8 Å². The maximum Gasteiger partial charge on any atom is 0.162 e. The zero-order valence-electron chi connectivity index (χ0n) is 12.5. The Morgan fingerprint density at radius 3 is 2.79 bits per heavy atom. The van der Waals surface area contributed by atoms with Crippen molar-refractivity contribution in [3.63, 3.8) is 0 Å². The van der Waals surface area contributed by atoms with Crippen LogP contribution in [0, 0.1) is 11.8 Å². The van der Waals surface area contributed by atoms with Crippen LogP contribution < -0.4 is 4.74 Å². The minimum atomic E-state index is -0.789. The van der Waals surface area contributed by atoms with Gasteiger partial charge in [0.2, 0.25) is 0 Å². The standard InChI is InChI=1S/C15H26N2O2/c1-5-8-17-14(13(19-4)10-16-17)15(18)7-6-11(2)12(3)9-15/h10-12,18H,5-9H2,1-4H3. The minimum Gasteiger partial charge on any atom is -0.493 e. The number of methoxy groups -OCH3 is 1. The Balaban J connectivity index is 2.36. The van der Waals surface area contributed by atoms with Crippen LogP contribution in [0.25, 0.3) is 0 Å². The van der Waals surface area contributed by atoms with E-state index in [1.165, 1.54) is 0 Å². The first-order valence-corrected chi connectivity index (χ1v) is 7.34. The maximum absolute atomic E-state index is 11.1. The number of aliphatic hydroxyl groups is 1. The molecule has 1 aromatic heterocycles. The van der Waals surface area contributed by atoms with Crippen molar-refractivity contribution in [3.8, 4) is 5.75 Å². The fourth-order valence-corrected chi connectivity index (χ4v) is 3.17. The molecule has 1 saturated carbocycles. The summed E-state index contributed by atoms with van der Waals surface area (Å²) in [5.41, 5.74) is 0.0822. The van der Waals surface area contributed by atoms with Crippen molar-refractivity contribution >= 4 is 0 Å². The number of aromatic nitrogens is 2. The Morgan fingerprint density at radius 2 is 2.21 bits per heavy atom. The number of nitrogens with zero attached hydrogens (tertiary/aromatic N) is 2. The van der Waals surface area contributed by atoms with Gasteiger partial charge in [0, 0.05) is 6.54 Å². The van der Waals surface area contributed by atoms with E-state index in [-0.39, 0.29) is 0 Å². The summed E-state index contributed by atoms with van der Waals surface area (Å²) < 4.78 is 7.33. The first-order chi connectivity index (χ1) is 9.01. The highest BCUT2D eigenvalue weighted by atomic mass is 16.5. The van der Waals surface area contributed by atoms with E-state index in [1.807, 2.05) is 4.68 Å². The van der Waals surface area contributed by atoms with E-state index >= 15 is 0 Å². The van der Waals surface area contributed by atoms with Crippen LogP contribution in [0.4, 0.5) is 0 Å². The van der Waals surface area contributed by atoms with Crippen LogP contribution in [0.5, 0.6) is 5.75 Å². The molecule has 0 spiro atoms. The lowest BCUT2D eigenvalue weighted by Gasteiger charge is -2.39. The van der Waals surface area contributed by atoms with E-state index in [0.717, 1.165) is 43.7 Å². The van der Waals surface area contributed by atoms with Gasteiger partial charge in [-0.15, -0.1) is 0 Å². The Bertz CT molecular complexity index is 430. The maximum atomic E-state index is 11.1. The Morgan fingerprint density at radius 1 is 1.47 bits per heavy atom. The highest BCUT2D eigenvalue weighted by Crippen LogP contribution is 2.45. The van der Waals surface area contributed by atoms with Gasteiger partial charge in [-0.05, 0) is 37.5 Å². The van der Waals surface area contributed by atoms with Crippen LogP contribution in [-0.4, -0.2) is 22.0 Å². The quantitative estimate of drug-likeness (QED) is 0.911. The first kappa shape index (κ1) is 14.4. The molecule has 0 aliphatic heterocycles. The third kappa shape index (κ3) is 2.64. The fraction of sp³-hybridized carbons (Fsp3) is 0.800. The predicted molar refractivity (Wildman–Crippen MR) is 75.1 cm³/mol. The lowest BCUT2D eigenvalue weighted by Crippen LogP contribution is -2.37. The molecule has 0 bridgehead atoms. The molecule has 1 heterocycles. The molecular weight excluding hydrogens is 240 g/mol. The molecule has 3 atom stereocenters. The van der Waals surface area contributed by atoms with Gasteiger partial charge < -0.3 is 9.84 Å². The molecule has 0 saturated heterocycles. The molecule has 19 heavy (non-hydrogen) atoms. The van der Waals surface area contributed by atoms with E-state index in [4.69, 9.17) is 4.74 Å². The van der Waals surface area contributed by atoms with Crippen LogP contribution in [0.15, 0.2) is 6.20 Å². The van der Waals surface area contributed by atoms with Crippen LogP contribution in [-0.2, 0) is 12.1 Å². The van der Waals surface area contributed by atoms with Crippen molar-refractivity contribution in [3.05, 3.63) is 11.9 Å². The number of rotatable bonds is 4. The molecule has 0 aromatic carbocycles. The van der Waals surface area contributed by atoms with Gasteiger partial charge in [0.1, 0.15) is 11.3 Å². The molecule has 1 fully saturated rings. The third-order valence-corrected chi connectivity index (χ3v) is 4.55. The van der Waals surface area contributed by atoms with Gasteiger partial charge in [-0.1, -0.05) is 20.8 Å². The first-order valence-electron chi connectivity index (χ1n) is 7.34. The molecule has 1 aromatic rings. The molecule has 0 radical (unpaired) electrons. The molecule has 108 valence electrons. The second-order valence-electron chi connectivity index (χ2n) is 6.01. The Hall–Kier alpha value is -1.03. The summed E-state index contributed by atoms with van der Waals surface area (Å²) in [4.78, 5) is 0. The highest BCUT2D eigenvalue weighted by Gasteiger charge is 2.41. The average Bonchev–Trinajstić information content (AvgIpc) is 2.79. The normalized spacial score (nSPS) is 31.4. The second kappa shape index (κ2) is 5.53. The average molecular weight is 266 g/mol. The lowest BCUT2D eigenvalue weighted by molar-refractivity contribution is -0.0420. The summed E-state index contributed by atoms with van der Waals surface area (Å²) in [7, 11) is 1.65. The highest BCUT2D eigenvalue weighted by molar-refractivity contribution is 5.31. The number of aryl methyl sites for hydroxylation is 1. The van der Waals surface area contributed by atoms with Gasteiger partial charge in [0.25, 0.3) is 0 Å². The SMILES string of the molecule is CCCn1ncc(OC)c1C1(O)CCC(C)C(C)C1. The van der Waals surface area contributed by atoms with Crippen LogP contribution in [0.2, 0.25) is 0 Å². The van der Waals surface area contributed by atoms with Crippen LogP contribution >= 0.6 is 0 Å². The molecule has 3 unspecified atom stereocenters. The Kier molecular flexibility index (Phi) is 4.19. The van der Waals surface area contributed by atoms with E-state index in [9.17, 15) is 5.11 Å². The van der Waals surface area contributed by atoms with Gasteiger partial charge in [0.15, 0.2) is 5.75 Å². The number of ether oxygens (including phenoxy) is 1. The summed E-state index contributed by atoms with van der Waals surface area (Å²) >= 11 is 0. The molecule has 2 rings (SSSR count). The van der Waals surface area contributed by atoms with Crippen molar-refractivity contribution in [1.82, 2.24) is 9.78 Å². The summed E-state index contributed by atoms with van der Waals surface area (Å²) in [6, 6.07) is 0. The van der Waals surface area contributed by atoms with Crippen molar-refractivity contribution in [1.29, 1.82) is 0 Å². The smallest absolute Gasteiger partial charge is 0.162 e. The van der Waals surface area contributed by atoms with Gasteiger partial charge >= 0.3 is 0 Å². The fourth-order valence-electron chi connectivity index (χ4n) is 3.17. The number of hydrogen-bond donors (Lipinski definition) is 1. The minimum absolute atomic E-state index is 0.522. The van der Waals surface area contributed by atoms with Gasteiger partial charge in [-0.25, -0.2) is 0 Å². The summed E-state index contributed by atoms with van der Waals surface area (Å²) in [5, 5.41) is 15.5. The molecular formula is C15H26N2O2. The van der Waals surface area contributed by atoms with Crippen LogP contribution in [0.3, 0.4) is 0 Å². The largest absolute Gasteiger partial charge is 0.493 e. The molecule has 4 heteroatoms. The van der Waals surface area contributed by atoms with Crippen LogP contribution in [0.1, 0.15) is 52.1 Å². The van der Waals surface area contributed by atoms with Crippen molar-refractivity contribution < 1.29 is 9.84 Å². The predicted octanol–water partition coefficient (Wildman–Crippen LogP) is 2.95.